The third-order valence-electron chi connectivity index (χ3n) is 2.36. The van der Waals surface area contributed by atoms with E-state index in [1.807, 2.05) is 17.5 Å². The van der Waals surface area contributed by atoms with Crippen LogP contribution in [-0.4, -0.2) is 14.7 Å². The highest BCUT2D eigenvalue weighted by atomic mass is 32.2. The first-order valence-electron chi connectivity index (χ1n) is 5.22. The second-order valence-electron chi connectivity index (χ2n) is 3.89. The fourth-order valence-corrected chi connectivity index (χ4v) is 3.18. The highest BCUT2D eigenvalue weighted by Gasteiger charge is 2.19. The molecule has 2 rings (SSSR count). The van der Waals surface area contributed by atoms with Crippen LogP contribution in [0.25, 0.3) is 0 Å². The van der Waals surface area contributed by atoms with Crippen molar-refractivity contribution in [3.8, 4) is 0 Å². The lowest BCUT2D eigenvalue weighted by molar-refractivity contribution is 0.579. The zero-order valence-corrected chi connectivity index (χ0v) is 11.3. The average Bonchev–Trinajstić information content (AvgIpc) is 2.79. The van der Waals surface area contributed by atoms with E-state index in [1.165, 1.54) is 23.5 Å². The van der Waals surface area contributed by atoms with E-state index in [-0.39, 0.29) is 5.82 Å². The van der Waals surface area contributed by atoms with E-state index in [1.54, 1.807) is 12.1 Å². The molecule has 1 heterocycles. The van der Waals surface area contributed by atoms with Gasteiger partial charge in [0.05, 0.1) is 12.3 Å². The van der Waals surface area contributed by atoms with Crippen molar-refractivity contribution in [2.45, 2.75) is 6.04 Å². The van der Waals surface area contributed by atoms with Gasteiger partial charge in [-0.25, -0.2) is 17.5 Å². The van der Waals surface area contributed by atoms with E-state index < -0.39 is 16.1 Å². The maximum absolute atomic E-state index is 12.9. The van der Waals surface area contributed by atoms with Gasteiger partial charge < -0.3 is 0 Å². The number of nitrogens with one attached hydrogen (secondary N) is 1. The molecule has 96 valence electrons. The summed E-state index contributed by atoms with van der Waals surface area (Å²) in [5, 5.41) is 1.87. The summed E-state index contributed by atoms with van der Waals surface area (Å²) in [6.45, 7) is 0. The third-order valence-corrected chi connectivity index (χ3v) is 3.96. The van der Waals surface area contributed by atoms with Crippen molar-refractivity contribution in [2.24, 2.45) is 0 Å². The van der Waals surface area contributed by atoms with Gasteiger partial charge >= 0.3 is 0 Å². The van der Waals surface area contributed by atoms with E-state index in [4.69, 9.17) is 0 Å². The molecule has 0 fully saturated rings. The molecule has 1 unspecified atom stereocenters. The van der Waals surface area contributed by atoms with Crippen molar-refractivity contribution in [3.63, 3.8) is 0 Å². The van der Waals surface area contributed by atoms with Crippen molar-refractivity contribution in [2.75, 3.05) is 6.26 Å². The number of rotatable bonds is 4. The van der Waals surface area contributed by atoms with Gasteiger partial charge in [0, 0.05) is 4.88 Å². The highest BCUT2D eigenvalue weighted by molar-refractivity contribution is 7.88. The molecular weight excluding hydrogens is 273 g/mol. The summed E-state index contributed by atoms with van der Waals surface area (Å²) in [6, 6.07) is 9.02. The molecule has 0 aliphatic carbocycles. The van der Waals surface area contributed by atoms with Gasteiger partial charge in [-0.05, 0) is 29.1 Å². The predicted molar refractivity (Wildman–Crippen MR) is 70.5 cm³/mol. The largest absolute Gasteiger partial charge is 0.213 e. The summed E-state index contributed by atoms with van der Waals surface area (Å²) in [5.74, 6) is -0.344. The molecule has 1 aromatic heterocycles. The maximum atomic E-state index is 12.9. The maximum Gasteiger partial charge on any atom is 0.209 e. The zero-order valence-electron chi connectivity index (χ0n) is 9.63. The molecule has 0 saturated carbocycles. The van der Waals surface area contributed by atoms with Gasteiger partial charge in [0.2, 0.25) is 10.0 Å². The first-order valence-corrected chi connectivity index (χ1v) is 7.99. The fourth-order valence-electron chi connectivity index (χ4n) is 1.62. The van der Waals surface area contributed by atoms with Crippen molar-refractivity contribution in [1.29, 1.82) is 0 Å². The van der Waals surface area contributed by atoms with Crippen LogP contribution in [0, 0.1) is 5.82 Å². The second-order valence-corrected chi connectivity index (χ2v) is 6.65. The number of benzene rings is 1. The topological polar surface area (TPSA) is 46.2 Å². The molecule has 1 N–H and O–H groups in total. The molecule has 1 atom stereocenters. The van der Waals surface area contributed by atoms with Crippen molar-refractivity contribution < 1.29 is 12.8 Å². The minimum atomic E-state index is -3.34. The Balaban J connectivity index is 2.39. The molecule has 0 saturated heterocycles. The van der Waals surface area contributed by atoms with Crippen LogP contribution in [0.15, 0.2) is 41.8 Å². The van der Waals surface area contributed by atoms with Crippen LogP contribution in [0.1, 0.15) is 16.5 Å². The van der Waals surface area contributed by atoms with Crippen molar-refractivity contribution in [1.82, 2.24) is 4.72 Å². The van der Waals surface area contributed by atoms with E-state index in [2.05, 4.69) is 4.72 Å². The molecule has 0 amide bonds. The molecule has 1 aromatic carbocycles. The number of halogens is 1. The molecule has 3 nitrogen and oxygen atoms in total. The number of hydrogen-bond donors (Lipinski definition) is 1. The van der Waals surface area contributed by atoms with Crippen LogP contribution >= 0.6 is 11.3 Å². The van der Waals surface area contributed by atoms with Crippen molar-refractivity contribution in [3.05, 3.63) is 58.0 Å². The fraction of sp³-hybridized carbons (Fsp3) is 0.167. The Hall–Kier alpha value is -1.24. The van der Waals surface area contributed by atoms with Crippen LogP contribution in [0.3, 0.4) is 0 Å². The Morgan fingerprint density at radius 3 is 2.39 bits per heavy atom. The van der Waals surface area contributed by atoms with Crippen LogP contribution in [0.5, 0.6) is 0 Å². The van der Waals surface area contributed by atoms with E-state index in [0.717, 1.165) is 11.1 Å². The molecule has 0 spiro atoms. The van der Waals surface area contributed by atoms with Gasteiger partial charge in [0.25, 0.3) is 0 Å². The lowest BCUT2D eigenvalue weighted by Crippen LogP contribution is -2.27. The van der Waals surface area contributed by atoms with Crippen molar-refractivity contribution >= 4 is 21.4 Å². The number of hydrogen-bond acceptors (Lipinski definition) is 3. The van der Waals surface area contributed by atoms with Gasteiger partial charge in [-0.15, -0.1) is 11.3 Å². The lowest BCUT2D eigenvalue weighted by atomic mass is 10.1. The molecule has 2 aromatic rings. The summed E-state index contributed by atoms with van der Waals surface area (Å²) >= 11 is 1.45. The molecule has 0 aliphatic heterocycles. The molecule has 6 heteroatoms. The average molecular weight is 285 g/mol. The predicted octanol–water partition coefficient (Wildman–Crippen LogP) is 2.53. The Morgan fingerprint density at radius 2 is 1.89 bits per heavy atom. The Kier molecular flexibility index (Phi) is 3.79. The molecular formula is C12H12FNO2S2. The SMILES string of the molecule is CS(=O)(=O)NC(c1ccc(F)cc1)c1cccs1. The molecule has 0 aliphatic rings. The quantitative estimate of drug-likeness (QED) is 0.938. The summed E-state index contributed by atoms with van der Waals surface area (Å²) in [6.07, 6.45) is 1.11. The van der Waals surface area contributed by atoms with Gasteiger partial charge in [0.1, 0.15) is 5.82 Å². The Morgan fingerprint density at radius 1 is 1.22 bits per heavy atom. The van der Waals surface area contributed by atoms with E-state index in [0.29, 0.717) is 5.56 Å². The summed E-state index contributed by atoms with van der Waals surface area (Å²) in [5.41, 5.74) is 0.712. The molecule has 0 bridgehead atoms. The first-order chi connectivity index (χ1) is 8.46. The normalized spacial score (nSPS) is 13.4. The smallest absolute Gasteiger partial charge is 0.209 e. The minimum absolute atomic E-state index is 0.344. The minimum Gasteiger partial charge on any atom is -0.213 e. The highest BCUT2D eigenvalue weighted by Crippen LogP contribution is 2.26. The summed E-state index contributed by atoms with van der Waals surface area (Å²) in [4.78, 5) is 0.868. The monoisotopic (exact) mass is 285 g/mol. The van der Waals surface area contributed by atoms with Gasteiger partial charge in [0.15, 0.2) is 0 Å². The van der Waals surface area contributed by atoms with Gasteiger partial charge in [-0.1, -0.05) is 18.2 Å². The molecule has 0 radical (unpaired) electrons. The van der Waals surface area contributed by atoms with Crippen LogP contribution in [-0.2, 0) is 10.0 Å². The Bertz CT molecular complexity index is 606. The van der Waals surface area contributed by atoms with Crippen LogP contribution in [0.2, 0.25) is 0 Å². The third kappa shape index (κ3) is 3.38. The van der Waals surface area contributed by atoms with Gasteiger partial charge in [-0.3, -0.25) is 0 Å². The molecule has 18 heavy (non-hydrogen) atoms. The summed E-state index contributed by atoms with van der Waals surface area (Å²) in [7, 11) is -3.34. The Labute approximate surface area is 109 Å². The zero-order chi connectivity index (χ0) is 13.2. The van der Waals surface area contributed by atoms with Crippen LogP contribution in [0.4, 0.5) is 4.39 Å². The standard InChI is InChI=1S/C12H12FNO2S2/c1-18(15,16)14-12(11-3-2-8-17-11)9-4-6-10(13)7-5-9/h2-8,12,14H,1H3. The first kappa shape index (κ1) is 13.2. The van der Waals surface area contributed by atoms with E-state index >= 15 is 0 Å². The number of sulfonamides is 1. The second kappa shape index (κ2) is 5.17. The summed E-state index contributed by atoms with van der Waals surface area (Å²) < 4.78 is 38.2. The van der Waals surface area contributed by atoms with Crippen LogP contribution < -0.4 is 4.72 Å². The lowest BCUT2D eigenvalue weighted by Gasteiger charge is -2.16. The van der Waals surface area contributed by atoms with Gasteiger partial charge in [-0.2, -0.15) is 0 Å². The van der Waals surface area contributed by atoms with E-state index in [9.17, 15) is 12.8 Å². The number of thiophene rings is 1.